The lowest BCUT2D eigenvalue weighted by atomic mass is 10.1. The minimum absolute atomic E-state index is 0.267. The predicted molar refractivity (Wildman–Crippen MR) is 127 cm³/mol. The van der Waals surface area contributed by atoms with Crippen LogP contribution in [0, 0.1) is 0 Å². The summed E-state index contributed by atoms with van der Waals surface area (Å²) in [5.41, 5.74) is 5.76. The van der Waals surface area contributed by atoms with Gasteiger partial charge in [0.1, 0.15) is 0 Å². The molecule has 0 atom stereocenters. The number of benzene rings is 3. The fraction of sp³-hybridized carbons (Fsp3) is 0.167. The lowest BCUT2D eigenvalue weighted by Gasteiger charge is -2.09. The van der Waals surface area contributed by atoms with Crippen LogP contribution in [0.15, 0.2) is 76.7 Å². The molecule has 0 saturated carbocycles. The monoisotopic (exact) mass is 454 g/mol. The molecule has 3 aromatic rings. The normalized spacial score (nSPS) is 11.2. The van der Waals surface area contributed by atoms with Gasteiger partial charge in [-0.3, -0.25) is 4.79 Å². The quantitative estimate of drug-likeness (QED) is 0.265. The Hall–Kier alpha value is -2.96. The smallest absolute Gasteiger partial charge is 0.271 e. The van der Waals surface area contributed by atoms with Gasteiger partial charge in [0.05, 0.1) is 19.9 Å². The van der Waals surface area contributed by atoms with Crippen LogP contribution >= 0.6 is 23.4 Å². The van der Waals surface area contributed by atoms with Crippen LogP contribution in [-0.4, -0.2) is 25.8 Å². The summed E-state index contributed by atoms with van der Waals surface area (Å²) >= 11 is 7.63. The second-order valence-electron chi connectivity index (χ2n) is 6.65. The third kappa shape index (κ3) is 6.26. The van der Waals surface area contributed by atoms with Gasteiger partial charge in [0, 0.05) is 26.8 Å². The largest absolute Gasteiger partial charge is 0.493 e. The van der Waals surface area contributed by atoms with Crippen molar-refractivity contribution >= 4 is 35.0 Å². The Kier molecular flexibility index (Phi) is 7.98. The average molecular weight is 455 g/mol. The summed E-state index contributed by atoms with van der Waals surface area (Å²) in [4.78, 5) is 13.6. The summed E-state index contributed by atoms with van der Waals surface area (Å²) in [5.74, 6) is 1.78. The van der Waals surface area contributed by atoms with E-state index in [0.717, 1.165) is 26.8 Å². The number of halogens is 1. The highest BCUT2D eigenvalue weighted by Gasteiger charge is 2.08. The van der Waals surface area contributed by atoms with Crippen molar-refractivity contribution in [3.63, 3.8) is 0 Å². The van der Waals surface area contributed by atoms with Gasteiger partial charge in [0.25, 0.3) is 5.91 Å². The first-order valence-electron chi connectivity index (χ1n) is 9.54. The van der Waals surface area contributed by atoms with E-state index in [1.165, 1.54) is 0 Å². The Morgan fingerprint density at radius 1 is 0.935 bits per heavy atom. The third-order valence-corrected chi connectivity index (χ3v) is 5.90. The summed E-state index contributed by atoms with van der Waals surface area (Å²) in [5, 5.41) is 4.94. The molecule has 0 aliphatic carbocycles. The van der Waals surface area contributed by atoms with E-state index in [-0.39, 0.29) is 5.91 Å². The highest BCUT2D eigenvalue weighted by Crippen LogP contribution is 2.28. The molecule has 3 aromatic carbocycles. The highest BCUT2D eigenvalue weighted by atomic mass is 35.5. The second kappa shape index (κ2) is 10.9. The van der Waals surface area contributed by atoms with E-state index in [1.54, 1.807) is 44.2 Å². The summed E-state index contributed by atoms with van der Waals surface area (Å²) in [6.07, 6.45) is 0. The van der Waals surface area contributed by atoms with Crippen LogP contribution in [0.2, 0.25) is 5.02 Å². The van der Waals surface area contributed by atoms with Crippen molar-refractivity contribution in [1.29, 1.82) is 0 Å². The van der Waals surface area contributed by atoms with Gasteiger partial charge < -0.3 is 9.47 Å². The molecule has 0 fully saturated rings. The molecule has 5 nitrogen and oxygen atoms in total. The first-order valence-corrected chi connectivity index (χ1v) is 10.9. The molecule has 31 heavy (non-hydrogen) atoms. The summed E-state index contributed by atoms with van der Waals surface area (Å²) < 4.78 is 10.6. The number of hydrogen-bond acceptors (Lipinski definition) is 5. The van der Waals surface area contributed by atoms with Crippen molar-refractivity contribution in [2.24, 2.45) is 5.10 Å². The number of nitrogens with zero attached hydrogens (tertiary/aromatic N) is 1. The lowest BCUT2D eigenvalue weighted by Crippen LogP contribution is -2.19. The Morgan fingerprint density at radius 2 is 1.58 bits per heavy atom. The molecule has 0 bridgehead atoms. The van der Waals surface area contributed by atoms with Gasteiger partial charge in [-0.25, -0.2) is 5.43 Å². The van der Waals surface area contributed by atoms with Gasteiger partial charge >= 0.3 is 0 Å². The fourth-order valence-electron chi connectivity index (χ4n) is 2.77. The number of methoxy groups -OCH3 is 2. The van der Waals surface area contributed by atoms with Gasteiger partial charge in [-0.2, -0.15) is 5.10 Å². The predicted octanol–water partition coefficient (Wildman–Crippen LogP) is 5.80. The van der Waals surface area contributed by atoms with E-state index in [1.807, 2.05) is 55.5 Å². The maximum absolute atomic E-state index is 12.4. The van der Waals surface area contributed by atoms with Crippen molar-refractivity contribution in [3.8, 4) is 11.5 Å². The molecule has 1 N–H and O–H groups in total. The molecule has 0 spiro atoms. The van der Waals surface area contributed by atoms with Crippen molar-refractivity contribution < 1.29 is 14.3 Å². The van der Waals surface area contributed by atoms with Crippen molar-refractivity contribution in [2.75, 3.05) is 14.2 Å². The van der Waals surface area contributed by atoms with Crippen LogP contribution in [0.1, 0.15) is 28.4 Å². The summed E-state index contributed by atoms with van der Waals surface area (Å²) in [7, 11) is 3.16. The Morgan fingerprint density at radius 3 is 2.23 bits per heavy atom. The molecule has 3 rings (SSSR count). The Labute approximate surface area is 191 Å². The van der Waals surface area contributed by atoms with E-state index in [0.29, 0.717) is 22.8 Å². The molecule has 1 amide bonds. The van der Waals surface area contributed by atoms with Crippen LogP contribution < -0.4 is 14.9 Å². The number of carbonyl (C=O) groups is 1. The van der Waals surface area contributed by atoms with E-state index >= 15 is 0 Å². The summed E-state index contributed by atoms with van der Waals surface area (Å²) in [6, 6.07) is 20.7. The zero-order valence-electron chi connectivity index (χ0n) is 17.5. The minimum Gasteiger partial charge on any atom is -0.493 e. The van der Waals surface area contributed by atoms with Crippen molar-refractivity contribution in [2.45, 2.75) is 17.6 Å². The Bertz CT molecular complexity index is 1070. The molecule has 160 valence electrons. The number of amides is 1. The summed E-state index contributed by atoms with van der Waals surface area (Å²) in [6.45, 7) is 1.82. The average Bonchev–Trinajstić information content (AvgIpc) is 2.81. The van der Waals surface area contributed by atoms with Crippen LogP contribution in [0.4, 0.5) is 0 Å². The number of carbonyl (C=O) groups excluding carboxylic acids is 1. The fourth-order valence-corrected chi connectivity index (χ4v) is 3.76. The van der Waals surface area contributed by atoms with E-state index in [4.69, 9.17) is 21.1 Å². The van der Waals surface area contributed by atoms with Crippen molar-refractivity contribution in [3.05, 3.63) is 88.4 Å². The van der Waals surface area contributed by atoms with E-state index in [9.17, 15) is 4.79 Å². The second-order valence-corrected chi connectivity index (χ2v) is 8.13. The maximum Gasteiger partial charge on any atom is 0.271 e. The van der Waals surface area contributed by atoms with E-state index in [2.05, 4.69) is 10.5 Å². The molecule has 0 aromatic heterocycles. The molecule has 0 saturated heterocycles. The van der Waals surface area contributed by atoms with Crippen LogP contribution in [0.25, 0.3) is 0 Å². The SMILES string of the molecule is COc1ccc(/C(C)=N\NC(=O)c2ccc(CSc3ccc(Cl)cc3)cc2)cc1OC. The molecule has 0 aliphatic rings. The van der Waals surface area contributed by atoms with Gasteiger partial charge in [0.2, 0.25) is 0 Å². The van der Waals surface area contributed by atoms with Gasteiger partial charge in [-0.15, -0.1) is 11.8 Å². The number of hydrogen-bond donors (Lipinski definition) is 1. The van der Waals surface area contributed by atoms with E-state index < -0.39 is 0 Å². The van der Waals surface area contributed by atoms with Crippen LogP contribution in [-0.2, 0) is 5.75 Å². The molecular weight excluding hydrogens is 432 g/mol. The zero-order valence-corrected chi connectivity index (χ0v) is 19.1. The third-order valence-electron chi connectivity index (χ3n) is 4.56. The number of nitrogens with one attached hydrogen (secondary N) is 1. The topological polar surface area (TPSA) is 59.9 Å². The molecule has 0 aliphatic heterocycles. The molecule has 0 heterocycles. The highest BCUT2D eigenvalue weighted by molar-refractivity contribution is 7.98. The molecule has 0 unspecified atom stereocenters. The Balaban J connectivity index is 1.59. The number of rotatable bonds is 8. The first-order chi connectivity index (χ1) is 15.0. The molecule has 0 radical (unpaired) electrons. The van der Waals surface area contributed by atoms with Gasteiger partial charge in [0.15, 0.2) is 11.5 Å². The lowest BCUT2D eigenvalue weighted by molar-refractivity contribution is 0.0955. The number of hydrazone groups is 1. The van der Waals surface area contributed by atoms with Crippen LogP contribution in [0.5, 0.6) is 11.5 Å². The first kappa shape index (κ1) is 22.7. The van der Waals surface area contributed by atoms with Crippen LogP contribution in [0.3, 0.4) is 0 Å². The van der Waals surface area contributed by atoms with Crippen molar-refractivity contribution in [1.82, 2.24) is 5.43 Å². The standard InChI is InChI=1S/C24H23ClN2O3S/c1-16(19-8-13-22(29-2)23(14-19)30-3)26-27-24(28)18-6-4-17(5-7-18)15-31-21-11-9-20(25)10-12-21/h4-14H,15H2,1-3H3,(H,27,28)/b26-16-. The van der Waals surface area contributed by atoms with Gasteiger partial charge in [-0.05, 0) is 67.1 Å². The number of thioether (sulfide) groups is 1. The maximum atomic E-state index is 12.4. The molecular formula is C24H23ClN2O3S. The zero-order chi connectivity index (χ0) is 22.2. The van der Waals surface area contributed by atoms with Gasteiger partial charge in [-0.1, -0.05) is 23.7 Å². The number of ether oxygens (including phenoxy) is 2. The molecule has 7 heteroatoms. The minimum atomic E-state index is -0.267.